The molecule has 0 aliphatic carbocycles. The molecule has 0 spiro atoms. The van der Waals surface area contributed by atoms with Gasteiger partial charge in [-0.1, -0.05) is 6.07 Å². The van der Waals surface area contributed by atoms with E-state index in [2.05, 4.69) is 5.32 Å². The van der Waals surface area contributed by atoms with Gasteiger partial charge in [-0.2, -0.15) is 0 Å². The molecule has 176 valence electrons. The van der Waals surface area contributed by atoms with Gasteiger partial charge < -0.3 is 10.2 Å². The van der Waals surface area contributed by atoms with Crippen molar-refractivity contribution < 1.29 is 18.0 Å². The summed E-state index contributed by atoms with van der Waals surface area (Å²) < 4.78 is 26.6. The molecule has 0 aromatic heterocycles. The maximum atomic E-state index is 13.5. The van der Waals surface area contributed by atoms with Gasteiger partial charge in [0.25, 0.3) is 0 Å². The van der Waals surface area contributed by atoms with E-state index in [0.29, 0.717) is 17.8 Å². The molecule has 0 unspecified atom stereocenters. The number of nitrogens with one attached hydrogen (secondary N) is 1. The van der Waals surface area contributed by atoms with Gasteiger partial charge in [0.2, 0.25) is 21.8 Å². The van der Waals surface area contributed by atoms with Crippen molar-refractivity contribution in [2.75, 3.05) is 42.3 Å². The molecule has 1 saturated heterocycles. The first-order chi connectivity index (χ1) is 15.6. The molecular formula is C24H30N4O4S. The minimum absolute atomic E-state index is 0.0919. The van der Waals surface area contributed by atoms with Crippen LogP contribution in [0, 0.1) is 13.8 Å². The van der Waals surface area contributed by atoms with Crippen LogP contribution in [0.5, 0.6) is 0 Å². The summed E-state index contributed by atoms with van der Waals surface area (Å²) in [6, 6.07) is 10.3. The van der Waals surface area contributed by atoms with Crippen LogP contribution in [-0.2, 0) is 19.6 Å². The van der Waals surface area contributed by atoms with E-state index in [1.54, 1.807) is 12.1 Å². The van der Waals surface area contributed by atoms with Crippen LogP contribution in [0.15, 0.2) is 41.3 Å². The molecule has 9 heteroatoms. The highest BCUT2D eigenvalue weighted by Gasteiger charge is 2.40. The Morgan fingerprint density at radius 1 is 1.06 bits per heavy atom. The number of hydrogen-bond donors (Lipinski definition) is 1. The second kappa shape index (κ2) is 8.79. The summed E-state index contributed by atoms with van der Waals surface area (Å²) in [7, 11) is -0.755. The van der Waals surface area contributed by atoms with Crippen molar-refractivity contribution in [2.45, 2.75) is 44.0 Å². The number of anilines is 3. The molecule has 2 aromatic rings. The third-order valence-electron chi connectivity index (χ3n) is 6.19. The van der Waals surface area contributed by atoms with Gasteiger partial charge in [0.1, 0.15) is 12.6 Å². The van der Waals surface area contributed by atoms with E-state index >= 15 is 0 Å². The Bertz CT molecular complexity index is 1190. The Labute approximate surface area is 195 Å². The van der Waals surface area contributed by atoms with Gasteiger partial charge in [0.15, 0.2) is 0 Å². The standard InChI is InChI=1S/C24H30N4O4S/c1-16-11-17(2)13-18(12-16)25-23(29)15-28-22-14-19(33(31,32)26(3)4)8-9-20(22)27-10-6-5-7-21(27)24(28)30/h8-9,11-14,21H,5-7,10,15H2,1-4H3,(H,25,29)/t21-/m1/s1. The summed E-state index contributed by atoms with van der Waals surface area (Å²) in [6.07, 6.45) is 2.62. The molecule has 2 heterocycles. The predicted octanol–water partition coefficient (Wildman–Crippen LogP) is 2.90. The first-order valence-electron chi connectivity index (χ1n) is 11.1. The fraction of sp³-hybridized carbons (Fsp3) is 0.417. The van der Waals surface area contributed by atoms with Gasteiger partial charge in [-0.3, -0.25) is 14.5 Å². The number of rotatable bonds is 5. The lowest BCUT2D eigenvalue weighted by atomic mass is 9.96. The minimum atomic E-state index is -3.69. The fourth-order valence-corrected chi connectivity index (χ4v) is 5.59. The number of sulfonamides is 1. The quantitative estimate of drug-likeness (QED) is 0.726. The summed E-state index contributed by atoms with van der Waals surface area (Å²) in [6.45, 7) is 4.45. The largest absolute Gasteiger partial charge is 0.358 e. The number of aryl methyl sites for hydroxylation is 2. The molecule has 2 amide bonds. The summed E-state index contributed by atoms with van der Waals surface area (Å²) in [5.41, 5.74) is 3.97. The monoisotopic (exact) mass is 470 g/mol. The number of carbonyl (C=O) groups excluding carboxylic acids is 2. The molecule has 1 fully saturated rings. The average molecular weight is 471 g/mol. The molecule has 33 heavy (non-hydrogen) atoms. The second-order valence-electron chi connectivity index (χ2n) is 8.99. The van der Waals surface area contributed by atoms with E-state index < -0.39 is 10.0 Å². The van der Waals surface area contributed by atoms with E-state index in [0.717, 1.165) is 40.5 Å². The zero-order chi connectivity index (χ0) is 23.9. The summed E-state index contributed by atoms with van der Waals surface area (Å²) in [5, 5.41) is 2.88. The third kappa shape index (κ3) is 4.47. The zero-order valence-corrected chi connectivity index (χ0v) is 20.3. The number of amides is 2. The van der Waals surface area contributed by atoms with Crippen molar-refractivity contribution in [3.63, 3.8) is 0 Å². The van der Waals surface area contributed by atoms with Gasteiger partial charge in [-0.15, -0.1) is 0 Å². The summed E-state index contributed by atoms with van der Waals surface area (Å²) >= 11 is 0. The van der Waals surface area contributed by atoms with Crippen LogP contribution in [0.4, 0.5) is 17.1 Å². The first-order valence-corrected chi connectivity index (χ1v) is 12.5. The van der Waals surface area contributed by atoms with Crippen molar-refractivity contribution in [3.8, 4) is 0 Å². The Morgan fingerprint density at radius 3 is 2.42 bits per heavy atom. The first kappa shape index (κ1) is 23.3. The van der Waals surface area contributed by atoms with E-state index in [1.165, 1.54) is 25.1 Å². The predicted molar refractivity (Wildman–Crippen MR) is 129 cm³/mol. The molecule has 0 bridgehead atoms. The number of carbonyl (C=O) groups is 2. The second-order valence-corrected chi connectivity index (χ2v) is 11.1. The van der Waals surface area contributed by atoms with E-state index in [-0.39, 0.29) is 29.3 Å². The molecule has 2 aromatic carbocycles. The zero-order valence-electron chi connectivity index (χ0n) is 19.5. The molecule has 1 atom stereocenters. The fourth-order valence-electron chi connectivity index (χ4n) is 4.66. The van der Waals surface area contributed by atoms with E-state index in [4.69, 9.17) is 0 Å². The van der Waals surface area contributed by atoms with Crippen LogP contribution in [-0.4, -0.2) is 57.8 Å². The van der Waals surface area contributed by atoms with Crippen LogP contribution in [0.3, 0.4) is 0 Å². The van der Waals surface area contributed by atoms with Crippen LogP contribution >= 0.6 is 0 Å². The van der Waals surface area contributed by atoms with Gasteiger partial charge in [0, 0.05) is 26.3 Å². The lowest BCUT2D eigenvalue weighted by Gasteiger charge is -2.45. The van der Waals surface area contributed by atoms with Crippen molar-refractivity contribution >= 4 is 38.9 Å². The van der Waals surface area contributed by atoms with Crippen molar-refractivity contribution in [1.29, 1.82) is 0 Å². The van der Waals surface area contributed by atoms with Gasteiger partial charge in [0.05, 0.1) is 16.3 Å². The molecule has 4 rings (SSSR count). The highest BCUT2D eigenvalue weighted by Crippen LogP contribution is 2.40. The van der Waals surface area contributed by atoms with Gasteiger partial charge in [-0.25, -0.2) is 12.7 Å². The van der Waals surface area contributed by atoms with Crippen molar-refractivity contribution in [1.82, 2.24) is 4.31 Å². The Morgan fingerprint density at radius 2 is 1.76 bits per heavy atom. The SMILES string of the molecule is Cc1cc(C)cc(NC(=O)CN2C(=O)[C@H]3CCCCN3c3ccc(S(=O)(=O)N(C)C)cc32)c1. The van der Waals surface area contributed by atoms with Crippen LogP contribution in [0.2, 0.25) is 0 Å². The summed E-state index contributed by atoms with van der Waals surface area (Å²) in [5.74, 6) is -0.499. The third-order valence-corrected chi connectivity index (χ3v) is 8.00. The van der Waals surface area contributed by atoms with Crippen molar-refractivity contribution in [3.05, 3.63) is 47.5 Å². The molecule has 0 radical (unpaired) electrons. The Hall–Kier alpha value is -2.91. The number of nitrogens with zero attached hydrogens (tertiary/aromatic N) is 3. The van der Waals surface area contributed by atoms with Crippen LogP contribution in [0.1, 0.15) is 30.4 Å². The minimum Gasteiger partial charge on any atom is -0.358 e. The number of hydrogen-bond acceptors (Lipinski definition) is 5. The van der Waals surface area contributed by atoms with Gasteiger partial charge in [-0.05, 0) is 74.6 Å². The van der Waals surface area contributed by atoms with Crippen molar-refractivity contribution in [2.24, 2.45) is 0 Å². The molecule has 2 aliphatic rings. The molecule has 2 aliphatic heterocycles. The number of fused-ring (bicyclic) bond motifs is 3. The number of benzene rings is 2. The molecule has 0 saturated carbocycles. The topological polar surface area (TPSA) is 90.0 Å². The maximum Gasteiger partial charge on any atom is 0.250 e. The molecular weight excluding hydrogens is 440 g/mol. The normalized spacial score (nSPS) is 18.2. The van der Waals surface area contributed by atoms with E-state index in [1.807, 2.05) is 36.9 Å². The van der Waals surface area contributed by atoms with Crippen LogP contribution < -0.4 is 15.1 Å². The van der Waals surface area contributed by atoms with E-state index in [9.17, 15) is 18.0 Å². The Balaban J connectivity index is 1.70. The Kier molecular flexibility index (Phi) is 6.20. The lowest BCUT2D eigenvalue weighted by Crippen LogP contribution is -2.56. The van der Waals surface area contributed by atoms with Gasteiger partial charge >= 0.3 is 0 Å². The highest BCUT2D eigenvalue weighted by atomic mass is 32.2. The highest BCUT2D eigenvalue weighted by molar-refractivity contribution is 7.89. The summed E-state index contributed by atoms with van der Waals surface area (Å²) in [4.78, 5) is 30.0. The molecule has 8 nitrogen and oxygen atoms in total. The lowest BCUT2D eigenvalue weighted by molar-refractivity contribution is -0.123. The van der Waals surface area contributed by atoms with Crippen LogP contribution in [0.25, 0.3) is 0 Å². The average Bonchev–Trinajstić information content (AvgIpc) is 2.75. The number of piperidine rings is 1. The smallest absolute Gasteiger partial charge is 0.250 e. The molecule has 1 N–H and O–H groups in total. The maximum absolute atomic E-state index is 13.5.